The smallest absolute Gasteiger partial charge is 0.0662 e. The third-order valence-corrected chi connectivity index (χ3v) is 4.00. The van der Waals surface area contributed by atoms with Crippen LogP contribution in [0.1, 0.15) is 25.7 Å². The van der Waals surface area contributed by atoms with Gasteiger partial charge in [-0.15, -0.1) is 11.8 Å². The Labute approximate surface area is 88.8 Å². The summed E-state index contributed by atoms with van der Waals surface area (Å²) in [7, 11) is 0. The fourth-order valence-electron chi connectivity index (χ4n) is 1.81. The summed E-state index contributed by atoms with van der Waals surface area (Å²) in [6.45, 7) is 0. The zero-order valence-electron chi connectivity index (χ0n) is 8.10. The first-order valence-electron chi connectivity index (χ1n) is 5.11. The SMILES string of the molecule is OC1CCCCC1Sc1ccncc1. The van der Waals surface area contributed by atoms with Gasteiger partial charge in [-0.1, -0.05) is 12.8 Å². The van der Waals surface area contributed by atoms with Gasteiger partial charge in [0.1, 0.15) is 0 Å². The number of aliphatic hydroxyl groups is 1. The van der Waals surface area contributed by atoms with E-state index in [0.717, 1.165) is 12.8 Å². The summed E-state index contributed by atoms with van der Waals surface area (Å²) in [6.07, 6.45) is 8.00. The van der Waals surface area contributed by atoms with E-state index in [2.05, 4.69) is 4.98 Å². The number of rotatable bonds is 2. The fraction of sp³-hybridized carbons (Fsp3) is 0.545. The standard InChI is InChI=1S/C11H15NOS/c13-10-3-1-2-4-11(10)14-9-5-7-12-8-6-9/h5-8,10-11,13H,1-4H2. The third kappa shape index (κ3) is 2.49. The molecule has 0 radical (unpaired) electrons. The van der Waals surface area contributed by atoms with Crippen molar-refractivity contribution in [2.24, 2.45) is 0 Å². The Morgan fingerprint density at radius 3 is 2.64 bits per heavy atom. The lowest BCUT2D eigenvalue weighted by atomic mass is 9.97. The maximum atomic E-state index is 9.79. The third-order valence-electron chi connectivity index (χ3n) is 2.60. The van der Waals surface area contributed by atoms with E-state index in [9.17, 15) is 5.11 Å². The molecule has 1 fully saturated rings. The van der Waals surface area contributed by atoms with Crippen molar-refractivity contribution < 1.29 is 5.11 Å². The molecule has 1 aliphatic rings. The van der Waals surface area contributed by atoms with Crippen LogP contribution in [0.5, 0.6) is 0 Å². The van der Waals surface area contributed by atoms with Crippen LogP contribution in [-0.4, -0.2) is 21.4 Å². The highest BCUT2D eigenvalue weighted by atomic mass is 32.2. The van der Waals surface area contributed by atoms with Crippen LogP contribution < -0.4 is 0 Å². The monoisotopic (exact) mass is 209 g/mol. The number of nitrogens with zero attached hydrogens (tertiary/aromatic N) is 1. The van der Waals surface area contributed by atoms with Crippen molar-refractivity contribution in [3.8, 4) is 0 Å². The maximum absolute atomic E-state index is 9.79. The molecule has 0 spiro atoms. The van der Waals surface area contributed by atoms with Crippen molar-refractivity contribution in [1.29, 1.82) is 0 Å². The second-order valence-electron chi connectivity index (χ2n) is 3.69. The van der Waals surface area contributed by atoms with Crippen molar-refractivity contribution in [2.45, 2.75) is 41.9 Å². The van der Waals surface area contributed by atoms with Gasteiger partial charge in [-0.05, 0) is 25.0 Å². The van der Waals surface area contributed by atoms with Gasteiger partial charge in [0.25, 0.3) is 0 Å². The number of pyridine rings is 1. The lowest BCUT2D eigenvalue weighted by molar-refractivity contribution is 0.137. The molecule has 76 valence electrons. The van der Waals surface area contributed by atoms with Gasteiger partial charge in [-0.25, -0.2) is 0 Å². The molecule has 2 rings (SSSR count). The van der Waals surface area contributed by atoms with Gasteiger partial charge in [0, 0.05) is 22.5 Å². The number of thioether (sulfide) groups is 1. The molecular formula is C11H15NOS. The number of aromatic nitrogens is 1. The first kappa shape index (κ1) is 9.99. The Morgan fingerprint density at radius 1 is 1.21 bits per heavy atom. The van der Waals surface area contributed by atoms with E-state index in [4.69, 9.17) is 0 Å². The van der Waals surface area contributed by atoms with Crippen LogP contribution in [0.25, 0.3) is 0 Å². The van der Waals surface area contributed by atoms with Crippen LogP contribution in [0.3, 0.4) is 0 Å². The minimum atomic E-state index is -0.123. The van der Waals surface area contributed by atoms with Gasteiger partial charge in [-0.2, -0.15) is 0 Å². The highest BCUT2D eigenvalue weighted by Crippen LogP contribution is 2.33. The fourth-order valence-corrected chi connectivity index (χ4v) is 3.01. The lowest BCUT2D eigenvalue weighted by Crippen LogP contribution is -2.26. The predicted octanol–water partition coefficient (Wildman–Crippen LogP) is 2.48. The molecule has 0 saturated heterocycles. The van der Waals surface area contributed by atoms with Crippen molar-refractivity contribution in [3.63, 3.8) is 0 Å². The van der Waals surface area contributed by atoms with Crippen LogP contribution in [0.15, 0.2) is 29.4 Å². The average molecular weight is 209 g/mol. The Bertz CT molecular complexity index is 278. The molecule has 2 atom stereocenters. The van der Waals surface area contributed by atoms with Crippen LogP contribution in [0.2, 0.25) is 0 Å². The quantitative estimate of drug-likeness (QED) is 0.812. The molecule has 2 nitrogen and oxygen atoms in total. The molecule has 1 aromatic rings. The molecule has 1 aliphatic carbocycles. The van der Waals surface area contributed by atoms with E-state index in [0.29, 0.717) is 5.25 Å². The van der Waals surface area contributed by atoms with Crippen molar-refractivity contribution in [2.75, 3.05) is 0 Å². The number of hydrogen-bond acceptors (Lipinski definition) is 3. The summed E-state index contributed by atoms with van der Waals surface area (Å²) >= 11 is 1.78. The molecule has 2 unspecified atom stereocenters. The Morgan fingerprint density at radius 2 is 1.93 bits per heavy atom. The maximum Gasteiger partial charge on any atom is 0.0662 e. The summed E-state index contributed by atoms with van der Waals surface area (Å²) in [5.41, 5.74) is 0. The second-order valence-corrected chi connectivity index (χ2v) is 5.00. The molecular weight excluding hydrogens is 194 g/mol. The van der Waals surface area contributed by atoms with Gasteiger partial charge in [0.15, 0.2) is 0 Å². The molecule has 0 bridgehead atoms. The van der Waals surface area contributed by atoms with Crippen molar-refractivity contribution >= 4 is 11.8 Å². The summed E-state index contributed by atoms with van der Waals surface area (Å²) in [4.78, 5) is 5.20. The van der Waals surface area contributed by atoms with E-state index < -0.39 is 0 Å². The predicted molar refractivity (Wildman–Crippen MR) is 58.4 cm³/mol. The Balaban J connectivity index is 1.96. The molecule has 1 aromatic heterocycles. The normalized spacial score (nSPS) is 27.5. The zero-order valence-corrected chi connectivity index (χ0v) is 8.91. The minimum Gasteiger partial charge on any atom is -0.392 e. The summed E-state index contributed by atoms with van der Waals surface area (Å²) in [5.74, 6) is 0. The van der Waals surface area contributed by atoms with Gasteiger partial charge in [-0.3, -0.25) is 4.98 Å². The van der Waals surface area contributed by atoms with Crippen molar-refractivity contribution in [3.05, 3.63) is 24.5 Å². The van der Waals surface area contributed by atoms with Crippen molar-refractivity contribution in [1.82, 2.24) is 4.98 Å². The molecule has 1 heterocycles. The van der Waals surface area contributed by atoms with Gasteiger partial charge < -0.3 is 5.11 Å². The molecule has 3 heteroatoms. The summed E-state index contributed by atoms with van der Waals surface area (Å²) < 4.78 is 0. The second kappa shape index (κ2) is 4.80. The van der Waals surface area contributed by atoms with Crippen LogP contribution >= 0.6 is 11.8 Å². The molecule has 0 amide bonds. The Hall–Kier alpha value is -0.540. The largest absolute Gasteiger partial charge is 0.392 e. The lowest BCUT2D eigenvalue weighted by Gasteiger charge is -2.26. The summed E-state index contributed by atoms with van der Waals surface area (Å²) in [5, 5.41) is 10.2. The van der Waals surface area contributed by atoms with Crippen LogP contribution in [-0.2, 0) is 0 Å². The summed E-state index contributed by atoms with van der Waals surface area (Å²) in [6, 6.07) is 4.01. The minimum absolute atomic E-state index is 0.123. The van der Waals surface area contributed by atoms with Gasteiger partial charge >= 0.3 is 0 Å². The molecule has 1 saturated carbocycles. The Kier molecular flexibility index (Phi) is 3.43. The van der Waals surface area contributed by atoms with Crippen LogP contribution in [0.4, 0.5) is 0 Å². The highest BCUT2D eigenvalue weighted by molar-refractivity contribution is 8.00. The molecule has 0 aliphatic heterocycles. The van der Waals surface area contributed by atoms with E-state index >= 15 is 0 Å². The molecule has 0 aromatic carbocycles. The van der Waals surface area contributed by atoms with E-state index in [1.165, 1.54) is 17.7 Å². The molecule has 1 N–H and O–H groups in total. The van der Waals surface area contributed by atoms with E-state index in [1.54, 1.807) is 24.2 Å². The number of hydrogen-bond donors (Lipinski definition) is 1. The van der Waals surface area contributed by atoms with Gasteiger partial charge in [0.05, 0.1) is 6.10 Å². The van der Waals surface area contributed by atoms with E-state index in [-0.39, 0.29) is 6.10 Å². The van der Waals surface area contributed by atoms with E-state index in [1.807, 2.05) is 12.1 Å². The average Bonchev–Trinajstić information content (AvgIpc) is 2.23. The van der Waals surface area contributed by atoms with Gasteiger partial charge in [0.2, 0.25) is 0 Å². The number of aliphatic hydroxyl groups excluding tert-OH is 1. The topological polar surface area (TPSA) is 33.1 Å². The molecule has 14 heavy (non-hydrogen) atoms. The zero-order chi connectivity index (χ0) is 9.80. The van der Waals surface area contributed by atoms with Crippen LogP contribution in [0, 0.1) is 0 Å². The first-order valence-corrected chi connectivity index (χ1v) is 5.99. The first-order chi connectivity index (χ1) is 6.86. The highest BCUT2D eigenvalue weighted by Gasteiger charge is 2.23.